The summed E-state index contributed by atoms with van der Waals surface area (Å²) in [6.45, 7) is 8.51. The molecule has 1 N–H and O–H groups in total. The van der Waals surface area contributed by atoms with Crippen LogP contribution in [0.1, 0.15) is 25.5 Å². The molecule has 0 aliphatic carbocycles. The van der Waals surface area contributed by atoms with E-state index in [1.54, 1.807) is 0 Å². The van der Waals surface area contributed by atoms with Gasteiger partial charge in [0, 0.05) is 49.2 Å². The molecule has 1 aliphatic rings. The maximum Gasteiger partial charge on any atom is 0.226 e. The highest BCUT2D eigenvalue weighted by Crippen LogP contribution is 2.23. The van der Waals surface area contributed by atoms with Gasteiger partial charge in [0.1, 0.15) is 0 Å². The Morgan fingerprint density at radius 1 is 1.12 bits per heavy atom. The average Bonchev–Trinajstić information content (AvgIpc) is 2.54. The van der Waals surface area contributed by atoms with E-state index in [0.717, 1.165) is 37.2 Å². The van der Waals surface area contributed by atoms with Crippen LogP contribution in [0.15, 0.2) is 28.7 Å². The topological polar surface area (TPSA) is 35.6 Å². The van der Waals surface area contributed by atoms with Crippen molar-refractivity contribution in [2.24, 2.45) is 5.92 Å². The van der Waals surface area contributed by atoms with E-state index in [1.807, 2.05) is 18.9 Å². The predicted octanol–water partition coefficient (Wildman–Crippen LogP) is 3.35. The van der Waals surface area contributed by atoms with E-state index in [9.17, 15) is 4.79 Å². The lowest BCUT2D eigenvalue weighted by Crippen LogP contribution is -2.51. The lowest BCUT2D eigenvalue weighted by molar-refractivity contribution is -0.136. The zero-order chi connectivity index (χ0) is 16.1. The van der Waals surface area contributed by atoms with E-state index in [4.69, 9.17) is 0 Å². The molecule has 1 saturated heterocycles. The lowest BCUT2D eigenvalue weighted by Gasteiger charge is -2.39. The first-order chi connectivity index (χ1) is 10.5. The van der Waals surface area contributed by atoms with Crippen molar-refractivity contribution in [1.82, 2.24) is 15.1 Å². The molecule has 1 heterocycles. The normalized spacial score (nSPS) is 17.4. The third kappa shape index (κ3) is 6.19. The molecule has 4 nitrogen and oxygen atoms in total. The average molecular weight is 441 g/mol. The molecule has 7 heteroatoms. The fourth-order valence-corrected chi connectivity index (χ4v) is 3.25. The summed E-state index contributed by atoms with van der Waals surface area (Å²) in [5.74, 6) is 0.325. The minimum Gasteiger partial charge on any atom is -0.340 e. The second-order valence-corrected chi connectivity index (χ2v) is 6.96. The minimum atomic E-state index is 0. The molecule has 0 radical (unpaired) electrons. The molecule has 1 aromatic carbocycles. The molecule has 2 rings (SSSR count). The van der Waals surface area contributed by atoms with Gasteiger partial charge in [-0.05, 0) is 31.7 Å². The second kappa shape index (κ2) is 11.3. The van der Waals surface area contributed by atoms with E-state index in [-0.39, 0.29) is 36.6 Å². The molecule has 0 bridgehead atoms. The van der Waals surface area contributed by atoms with Crippen molar-refractivity contribution in [3.63, 3.8) is 0 Å². The Kier molecular flexibility index (Phi) is 11.2. The number of hydrogen-bond donors (Lipinski definition) is 1. The van der Waals surface area contributed by atoms with Crippen molar-refractivity contribution in [2.75, 3.05) is 39.8 Å². The van der Waals surface area contributed by atoms with Gasteiger partial charge in [-0.3, -0.25) is 9.69 Å². The summed E-state index contributed by atoms with van der Waals surface area (Å²) >= 11 is 3.48. The summed E-state index contributed by atoms with van der Waals surface area (Å²) in [4.78, 5) is 16.8. The molecule has 0 aromatic heterocycles. The lowest BCUT2D eigenvalue weighted by atomic mass is 10.1. The van der Waals surface area contributed by atoms with Gasteiger partial charge in [-0.1, -0.05) is 35.0 Å². The van der Waals surface area contributed by atoms with Crippen LogP contribution in [0, 0.1) is 5.92 Å². The van der Waals surface area contributed by atoms with Gasteiger partial charge in [0.25, 0.3) is 0 Å². The van der Waals surface area contributed by atoms with E-state index < -0.39 is 0 Å². The molecular weight excluding hydrogens is 413 g/mol. The van der Waals surface area contributed by atoms with Crippen LogP contribution in [0.4, 0.5) is 0 Å². The summed E-state index contributed by atoms with van der Waals surface area (Å²) in [6, 6.07) is 8.90. The minimum absolute atomic E-state index is 0. The van der Waals surface area contributed by atoms with Crippen molar-refractivity contribution < 1.29 is 4.79 Å². The van der Waals surface area contributed by atoms with Crippen LogP contribution < -0.4 is 5.32 Å². The van der Waals surface area contributed by atoms with Crippen molar-refractivity contribution in [3.8, 4) is 0 Å². The first kappa shape index (κ1) is 23.7. The van der Waals surface area contributed by atoms with Crippen LogP contribution in [0.5, 0.6) is 0 Å². The van der Waals surface area contributed by atoms with Gasteiger partial charge < -0.3 is 10.2 Å². The molecule has 0 spiro atoms. The Bertz CT molecular complexity index is 493. The number of benzene rings is 1. The van der Waals surface area contributed by atoms with Crippen molar-refractivity contribution in [1.29, 1.82) is 0 Å². The quantitative estimate of drug-likeness (QED) is 0.762. The van der Waals surface area contributed by atoms with E-state index >= 15 is 0 Å². The molecular formula is C17H28BrCl2N3O. The number of piperazine rings is 1. The van der Waals surface area contributed by atoms with Crippen molar-refractivity contribution >= 4 is 46.7 Å². The van der Waals surface area contributed by atoms with Crippen LogP contribution in [-0.4, -0.2) is 55.5 Å². The first-order valence-electron chi connectivity index (χ1n) is 7.96. The van der Waals surface area contributed by atoms with Crippen LogP contribution in [0.3, 0.4) is 0 Å². The molecule has 2 unspecified atom stereocenters. The van der Waals surface area contributed by atoms with Gasteiger partial charge in [0.05, 0.1) is 0 Å². The number of hydrogen-bond acceptors (Lipinski definition) is 3. The third-order valence-electron chi connectivity index (χ3n) is 4.46. The Morgan fingerprint density at radius 2 is 1.67 bits per heavy atom. The number of carbonyl (C=O) groups excluding carboxylic acids is 1. The van der Waals surface area contributed by atoms with Crippen LogP contribution in [0.2, 0.25) is 0 Å². The summed E-state index contributed by atoms with van der Waals surface area (Å²) in [5, 5.41) is 3.08. The number of rotatable bonds is 5. The molecule has 2 atom stereocenters. The number of nitrogens with one attached hydrogen (secondary N) is 1. The summed E-state index contributed by atoms with van der Waals surface area (Å²) in [7, 11) is 1.89. The molecule has 1 amide bonds. The number of nitrogens with zero attached hydrogens (tertiary/aromatic N) is 2. The standard InChI is InChI=1S/C17H26BrN3O.2ClH/c1-13(12-19-3)17(22)21-10-8-20(9-11-21)14(2)15-4-6-16(18)7-5-15;;/h4-7,13-14,19H,8-12H2,1-3H3;2*1H. The van der Waals surface area contributed by atoms with Gasteiger partial charge in [0.2, 0.25) is 5.91 Å². The molecule has 138 valence electrons. The monoisotopic (exact) mass is 439 g/mol. The number of amides is 1. The number of halogens is 3. The zero-order valence-corrected chi connectivity index (χ0v) is 17.7. The highest BCUT2D eigenvalue weighted by Gasteiger charge is 2.26. The SMILES string of the molecule is CNCC(C)C(=O)N1CCN(C(C)c2ccc(Br)cc2)CC1.Cl.Cl. The maximum absolute atomic E-state index is 12.3. The van der Waals surface area contributed by atoms with Gasteiger partial charge >= 0.3 is 0 Å². The fraction of sp³-hybridized carbons (Fsp3) is 0.588. The molecule has 24 heavy (non-hydrogen) atoms. The van der Waals surface area contributed by atoms with E-state index in [2.05, 4.69) is 57.3 Å². The summed E-state index contributed by atoms with van der Waals surface area (Å²) < 4.78 is 1.11. The Balaban J connectivity index is 0.00000264. The third-order valence-corrected chi connectivity index (χ3v) is 4.99. The molecule has 1 aromatic rings. The van der Waals surface area contributed by atoms with E-state index in [0.29, 0.717) is 6.04 Å². The second-order valence-electron chi connectivity index (χ2n) is 6.05. The van der Waals surface area contributed by atoms with Crippen molar-refractivity contribution in [2.45, 2.75) is 19.9 Å². The first-order valence-corrected chi connectivity index (χ1v) is 8.75. The summed E-state index contributed by atoms with van der Waals surface area (Å²) in [5.41, 5.74) is 1.33. The van der Waals surface area contributed by atoms with Crippen LogP contribution >= 0.6 is 40.7 Å². The largest absolute Gasteiger partial charge is 0.340 e. The molecule has 0 saturated carbocycles. The van der Waals surface area contributed by atoms with Gasteiger partial charge in [-0.15, -0.1) is 24.8 Å². The fourth-order valence-electron chi connectivity index (χ4n) is 2.99. The van der Waals surface area contributed by atoms with Gasteiger partial charge in [-0.25, -0.2) is 0 Å². The molecule has 1 fully saturated rings. The van der Waals surface area contributed by atoms with E-state index in [1.165, 1.54) is 5.56 Å². The highest BCUT2D eigenvalue weighted by atomic mass is 79.9. The molecule has 1 aliphatic heterocycles. The zero-order valence-electron chi connectivity index (χ0n) is 14.5. The number of carbonyl (C=O) groups is 1. The van der Waals surface area contributed by atoms with Gasteiger partial charge in [0.15, 0.2) is 0 Å². The highest BCUT2D eigenvalue weighted by molar-refractivity contribution is 9.10. The summed E-state index contributed by atoms with van der Waals surface area (Å²) in [6.07, 6.45) is 0. The Hall–Kier alpha value is -0.330. The van der Waals surface area contributed by atoms with Crippen LogP contribution in [-0.2, 0) is 4.79 Å². The Morgan fingerprint density at radius 3 is 2.17 bits per heavy atom. The van der Waals surface area contributed by atoms with Crippen LogP contribution in [0.25, 0.3) is 0 Å². The predicted molar refractivity (Wildman–Crippen MR) is 108 cm³/mol. The Labute approximate surface area is 166 Å². The van der Waals surface area contributed by atoms with Gasteiger partial charge in [-0.2, -0.15) is 0 Å². The maximum atomic E-state index is 12.3. The van der Waals surface area contributed by atoms with Crippen molar-refractivity contribution in [3.05, 3.63) is 34.3 Å². The smallest absolute Gasteiger partial charge is 0.226 e.